The fraction of sp³-hybridized carbons (Fsp3) is 0.684. The van der Waals surface area contributed by atoms with Gasteiger partial charge in [0.1, 0.15) is 13.2 Å². The normalized spacial score (nSPS) is 11.0. The van der Waals surface area contributed by atoms with Crippen LogP contribution < -0.4 is 21.3 Å². The first-order chi connectivity index (χ1) is 37.8. The van der Waals surface area contributed by atoms with Crippen LogP contribution in [-0.4, -0.2) is 167 Å². The lowest BCUT2D eigenvalue weighted by atomic mass is 10.1. The number of rotatable bonds is 54. The van der Waals surface area contributed by atoms with Crippen molar-refractivity contribution in [1.82, 2.24) is 21.3 Å². The first-order valence-electron chi connectivity index (χ1n) is 27.9. The molecule has 0 atom stereocenters. The van der Waals surface area contributed by atoms with E-state index >= 15 is 0 Å². The van der Waals surface area contributed by atoms with Gasteiger partial charge in [0, 0.05) is 65.1 Å². The molecule has 0 saturated heterocycles. The average molecular weight is 1090 g/mol. The number of amides is 4. The highest BCUT2D eigenvalue weighted by Gasteiger charge is 2.08. The summed E-state index contributed by atoms with van der Waals surface area (Å²) in [6.07, 6.45) is 11.9. The van der Waals surface area contributed by atoms with Gasteiger partial charge in [0.05, 0.1) is 105 Å². The van der Waals surface area contributed by atoms with E-state index in [1.54, 1.807) is 0 Å². The van der Waals surface area contributed by atoms with Gasteiger partial charge in [0.15, 0.2) is 0 Å². The van der Waals surface area contributed by atoms with Gasteiger partial charge in [0.25, 0.3) is 0 Å². The van der Waals surface area contributed by atoms with Gasteiger partial charge in [0.2, 0.25) is 23.6 Å². The molecule has 20 nitrogen and oxygen atoms in total. The number of hydrogen-bond donors (Lipinski definition) is 4. The molecule has 4 amide bonds. The molecule has 0 aliphatic rings. The lowest BCUT2D eigenvalue weighted by Crippen LogP contribution is -2.27. The molecule has 0 heterocycles. The second kappa shape index (κ2) is 51.7. The Balaban J connectivity index is 1.19. The third-order valence-electron chi connectivity index (χ3n) is 11.3. The number of hydrogen-bond acceptors (Lipinski definition) is 16. The number of carbonyl (C=O) groups excluding carboxylic acids is 6. The van der Waals surface area contributed by atoms with Crippen molar-refractivity contribution in [2.45, 2.75) is 122 Å². The summed E-state index contributed by atoms with van der Waals surface area (Å²) in [5.41, 5.74) is 1.89. The number of unbranched alkanes of at least 4 members (excludes halogenated alkanes) is 8. The Morgan fingerprint density at radius 2 is 0.571 bits per heavy atom. The molecule has 4 N–H and O–H groups in total. The zero-order valence-corrected chi connectivity index (χ0v) is 45.9. The highest BCUT2D eigenvalue weighted by Crippen LogP contribution is 2.07. The van der Waals surface area contributed by atoms with E-state index in [9.17, 15) is 28.8 Å². The molecule has 0 bridgehead atoms. The summed E-state index contributed by atoms with van der Waals surface area (Å²) in [7, 11) is 0. The van der Waals surface area contributed by atoms with Crippen molar-refractivity contribution in [3.63, 3.8) is 0 Å². The van der Waals surface area contributed by atoms with Crippen LogP contribution in [0.4, 0.5) is 0 Å². The molecule has 2 aromatic rings. The molecule has 0 aliphatic carbocycles. The fourth-order valence-electron chi connectivity index (χ4n) is 7.03. The maximum Gasteiger partial charge on any atom is 0.308 e. The Labute approximate surface area is 457 Å². The zero-order valence-electron chi connectivity index (χ0n) is 45.9. The van der Waals surface area contributed by atoms with Gasteiger partial charge in [-0.05, 0) is 43.2 Å². The SMILES string of the molecule is O=C(CCCCCCCNC(=O)CCOCCCOCCC(=O)NCCCCCCCC(=O)NCCOCCOCCOCCC(=O)OCc1ccccc1)NCCOCCOCCOCCC(=O)OCc1ccccc1. The van der Waals surface area contributed by atoms with Crippen molar-refractivity contribution in [3.8, 4) is 0 Å². The summed E-state index contributed by atoms with van der Waals surface area (Å²) in [6, 6.07) is 19.0. The maximum absolute atomic E-state index is 12.1. The van der Waals surface area contributed by atoms with Gasteiger partial charge in [-0.15, -0.1) is 0 Å². The van der Waals surface area contributed by atoms with E-state index < -0.39 is 0 Å². The summed E-state index contributed by atoms with van der Waals surface area (Å²) in [4.78, 5) is 72.0. The Morgan fingerprint density at radius 1 is 0.273 bits per heavy atom. The van der Waals surface area contributed by atoms with Crippen LogP contribution in [0.5, 0.6) is 0 Å². The minimum atomic E-state index is -0.302. The Morgan fingerprint density at radius 3 is 0.974 bits per heavy atom. The van der Waals surface area contributed by atoms with Gasteiger partial charge < -0.3 is 68.6 Å². The van der Waals surface area contributed by atoms with Crippen LogP contribution in [0.1, 0.15) is 120 Å². The predicted octanol–water partition coefficient (Wildman–Crippen LogP) is 5.70. The molecule has 0 saturated carbocycles. The molecule has 2 rings (SSSR count). The van der Waals surface area contributed by atoms with E-state index in [0.717, 1.165) is 75.3 Å². The van der Waals surface area contributed by atoms with Crippen LogP contribution in [-0.2, 0) is 89.3 Å². The van der Waals surface area contributed by atoms with Crippen molar-refractivity contribution in [3.05, 3.63) is 71.8 Å². The van der Waals surface area contributed by atoms with Crippen molar-refractivity contribution in [1.29, 1.82) is 0 Å². The number of nitrogens with one attached hydrogen (secondary N) is 4. The number of carbonyl (C=O) groups is 6. The van der Waals surface area contributed by atoms with E-state index in [1.165, 1.54) is 0 Å². The predicted molar refractivity (Wildman–Crippen MR) is 290 cm³/mol. The molecule has 0 aromatic heterocycles. The summed E-state index contributed by atoms with van der Waals surface area (Å²) >= 11 is 0. The lowest BCUT2D eigenvalue weighted by Gasteiger charge is -2.08. The van der Waals surface area contributed by atoms with Crippen molar-refractivity contribution >= 4 is 35.6 Å². The number of ether oxygens (including phenoxy) is 10. The Bertz CT molecular complexity index is 1640. The van der Waals surface area contributed by atoms with Gasteiger partial charge in [-0.3, -0.25) is 28.8 Å². The molecule has 0 fully saturated rings. The quantitative estimate of drug-likeness (QED) is 0.0459. The third-order valence-corrected chi connectivity index (χ3v) is 11.3. The fourth-order valence-corrected chi connectivity index (χ4v) is 7.03. The third kappa shape index (κ3) is 46.7. The minimum Gasteiger partial charge on any atom is -0.461 e. The highest BCUT2D eigenvalue weighted by molar-refractivity contribution is 5.77. The van der Waals surface area contributed by atoms with E-state index in [2.05, 4.69) is 21.3 Å². The summed E-state index contributed by atoms with van der Waals surface area (Å²) in [5, 5.41) is 11.6. The van der Waals surface area contributed by atoms with Crippen molar-refractivity contribution in [2.75, 3.05) is 132 Å². The molecule has 0 aliphatic heterocycles. The molecule has 77 heavy (non-hydrogen) atoms. The first kappa shape index (κ1) is 68.0. The van der Waals surface area contributed by atoms with Gasteiger partial charge in [-0.25, -0.2) is 0 Å². The van der Waals surface area contributed by atoms with E-state index in [-0.39, 0.29) is 74.8 Å². The van der Waals surface area contributed by atoms with E-state index in [1.807, 2.05) is 60.7 Å². The first-order valence-corrected chi connectivity index (χ1v) is 27.9. The second-order valence-corrected chi connectivity index (χ2v) is 18.0. The average Bonchev–Trinajstić information content (AvgIpc) is 3.43. The number of benzene rings is 2. The molecule has 0 spiro atoms. The molecule has 436 valence electrons. The molecular formula is C57H92N4O16. The van der Waals surface area contributed by atoms with Crippen LogP contribution in [0, 0.1) is 0 Å². The molecule has 20 heteroatoms. The summed E-state index contributed by atoms with van der Waals surface area (Å²) < 4.78 is 54.3. The van der Waals surface area contributed by atoms with E-state index in [4.69, 9.17) is 47.4 Å². The van der Waals surface area contributed by atoms with Crippen molar-refractivity contribution < 1.29 is 76.1 Å². The van der Waals surface area contributed by atoms with Crippen LogP contribution >= 0.6 is 0 Å². The van der Waals surface area contributed by atoms with Crippen LogP contribution in [0.25, 0.3) is 0 Å². The second-order valence-electron chi connectivity index (χ2n) is 18.0. The lowest BCUT2D eigenvalue weighted by molar-refractivity contribution is -0.147. The zero-order chi connectivity index (χ0) is 55.2. The highest BCUT2D eigenvalue weighted by atomic mass is 16.6. The van der Waals surface area contributed by atoms with Gasteiger partial charge in [-0.1, -0.05) is 99.2 Å². The van der Waals surface area contributed by atoms with Crippen LogP contribution in [0.2, 0.25) is 0 Å². The number of esters is 2. The topological polar surface area (TPSA) is 243 Å². The van der Waals surface area contributed by atoms with Crippen LogP contribution in [0.3, 0.4) is 0 Å². The standard InChI is InChI=1S/C57H92N4O16/c62-52(60-30-38-72-42-46-74-44-40-70-36-26-56(66)76-48-50-18-9-7-10-19-50)22-13-3-1-5-15-28-58-54(64)24-34-68-32-17-33-69-35-25-55(65)59-29-16-6-2-4-14-23-53(63)61-31-39-73-43-47-75-45-41-71-37-27-57(67)77-49-51-20-11-8-12-21-51/h7-12,18-21H,1-6,13-17,22-49H2,(H,58,64)(H,59,65)(H,60,62)(H,61,63). The Kier molecular flexibility index (Phi) is 45.7. The minimum absolute atomic E-state index is 0.0101. The smallest absolute Gasteiger partial charge is 0.308 e. The van der Waals surface area contributed by atoms with Crippen molar-refractivity contribution in [2.24, 2.45) is 0 Å². The largest absolute Gasteiger partial charge is 0.461 e. The summed E-state index contributed by atoms with van der Waals surface area (Å²) in [6.45, 7) is 8.85. The van der Waals surface area contributed by atoms with Crippen LogP contribution in [0.15, 0.2) is 60.7 Å². The van der Waals surface area contributed by atoms with Gasteiger partial charge in [-0.2, -0.15) is 0 Å². The summed E-state index contributed by atoms with van der Waals surface area (Å²) in [5.74, 6) is -0.656. The van der Waals surface area contributed by atoms with Gasteiger partial charge >= 0.3 is 11.9 Å². The monoisotopic (exact) mass is 1090 g/mol. The van der Waals surface area contributed by atoms with E-state index in [0.29, 0.717) is 151 Å². The molecule has 0 radical (unpaired) electrons. The molecule has 0 unspecified atom stereocenters. The molecular weight excluding hydrogens is 997 g/mol. The maximum atomic E-state index is 12.1. The molecule has 2 aromatic carbocycles. The Hall–Kier alpha value is -5.06.